The lowest BCUT2D eigenvalue weighted by Gasteiger charge is -2.06. The van der Waals surface area contributed by atoms with Crippen LogP contribution in [0, 0.1) is 0 Å². The number of methoxy groups -OCH3 is 1. The summed E-state index contributed by atoms with van der Waals surface area (Å²) in [5.41, 5.74) is 0.466. The van der Waals surface area contributed by atoms with Gasteiger partial charge in [0.1, 0.15) is 0 Å². The van der Waals surface area contributed by atoms with Crippen LogP contribution in [0.25, 0.3) is 0 Å². The van der Waals surface area contributed by atoms with Gasteiger partial charge in [-0.25, -0.2) is 9.78 Å². The number of rotatable bonds is 8. The third kappa shape index (κ3) is 5.17. The molecule has 4 heteroatoms. The van der Waals surface area contributed by atoms with E-state index >= 15 is 0 Å². The van der Waals surface area contributed by atoms with Crippen molar-refractivity contribution in [1.82, 2.24) is 4.98 Å². The highest BCUT2D eigenvalue weighted by molar-refractivity contribution is 5.89. The van der Waals surface area contributed by atoms with E-state index in [1.165, 1.54) is 32.8 Å². The van der Waals surface area contributed by atoms with Gasteiger partial charge in [0.15, 0.2) is 0 Å². The number of carbonyl (C=O) groups excluding carboxylic acids is 1. The Morgan fingerprint density at radius 1 is 1.28 bits per heavy atom. The zero-order valence-electron chi connectivity index (χ0n) is 11.1. The molecule has 0 unspecified atom stereocenters. The molecule has 0 aromatic carbocycles. The number of ether oxygens (including phenoxy) is 2. The average molecular weight is 251 g/mol. The number of carbonyl (C=O) groups is 1. The number of unbranched alkanes of at least 4 members (excludes halogenated alkanes) is 4. The van der Waals surface area contributed by atoms with Gasteiger partial charge in [0.2, 0.25) is 5.88 Å². The van der Waals surface area contributed by atoms with Crippen LogP contribution in [-0.4, -0.2) is 24.7 Å². The van der Waals surface area contributed by atoms with Crippen LogP contribution >= 0.6 is 0 Å². The summed E-state index contributed by atoms with van der Waals surface area (Å²) in [5, 5.41) is 0. The van der Waals surface area contributed by atoms with E-state index in [1.807, 2.05) is 0 Å². The van der Waals surface area contributed by atoms with Crippen molar-refractivity contribution in [3.05, 3.63) is 23.9 Å². The van der Waals surface area contributed by atoms with Gasteiger partial charge in [0, 0.05) is 12.3 Å². The largest absolute Gasteiger partial charge is 0.478 e. The van der Waals surface area contributed by atoms with Gasteiger partial charge >= 0.3 is 5.97 Å². The lowest BCUT2D eigenvalue weighted by atomic mass is 10.2. The predicted octanol–water partition coefficient (Wildman–Crippen LogP) is 3.22. The maximum atomic E-state index is 11.3. The summed E-state index contributed by atoms with van der Waals surface area (Å²) in [6.07, 6.45) is 7.50. The zero-order valence-corrected chi connectivity index (χ0v) is 11.1. The Morgan fingerprint density at radius 2 is 2.06 bits per heavy atom. The number of esters is 1. The molecule has 0 aliphatic heterocycles. The fourth-order valence-electron chi connectivity index (χ4n) is 1.62. The number of pyridine rings is 1. The summed E-state index contributed by atoms with van der Waals surface area (Å²) in [4.78, 5) is 15.4. The predicted molar refractivity (Wildman–Crippen MR) is 69.8 cm³/mol. The van der Waals surface area contributed by atoms with Crippen LogP contribution in [0.1, 0.15) is 49.4 Å². The molecule has 0 N–H and O–H groups in total. The highest BCUT2D eigenvalue weighted by atomic mass is 16.5. The van der Waals surface area contributed by atoms with Crippen molar-refractivity contribution in [3.63, 3.8) is 0 Å². The second kappa shape index (κ2) is 8.50. The van der Waals surface area contributed by atoms with Crippen molar-refractivity contribution in [3.8, 4) is 5.88 Å². The highest BCUT2D eigenvalue weighted by Crippen LogP contribution is 2.11. The first-order valence-electron chi connectivity index (χ1n) is 6.45. The van der Waals surface area contributed by atoms with Gasteiger partial charge in [-0.2, -0.15) is 0 Å². The summed E-state index contributed by atoms with van der Waals surface area (Å²) in [6, 6.07) is 3.22. The second-order valence-electron chi connectivity index (χ2n) is 4.14. The van der Waals surface area contributed by atoms with Crippen molar-refractivity contribution < 1.29 is 14.3 Å². The van der Waals surface area contributed by atoms with E-state index in [0.717, 1.165) is 6.42 Å². The Hall–Kier alpha value is -1.58. The standard InChI is InChI=1S/C14H21NO3/c1-3-4-5-6-7-10-18-13-11-12(8-9-15-13)14(16)17-2/h8-9,11H,3-7,10H2,1-2H3. The molecule has 1 rings (SSSR count). The first-order chi connectivity index (χ1) is 8.77. The number of aromatic nitrogens is 1. The van der Waals surface area contributed by atoms with Crippen LogP contribution in [0.4, 0.5) is 0 Å². The van der Waals surface area contributed by atoms with Crippen LogP contribution in [0.15, 0.2) is 18.3 Å². The molecular formula is C14H21NO3. The average Bonchev–Trinajstić information content (AvgIpc) is 2.42. The lowest BCUT2D eigenvalue weighted by Crippen LogP contribution is -2.04. The van der Waals surface area contributed by atoms with Crippen LogP contribution in [0.3, 0.4) is 0 Å². The minimum Gasteiger partial charge on any atom is -0.478 e. The highest BCUT2D eigenvalue weighted by Gasteiger charge is 2.06. The van der Waals surface area contributed by atoms with E-state index in [4.69, 9.17) is 4.74 Å². The molecule has 0 saturated carbocycles. The van der Waals surface area contributed by atoms with Gasteiger partial charge in [-0.3, -0.25) is 0 Å². The molecule has 1 aromatic heterocycles. The van der Waals surface area contributed by atoms with E-state index in [1.54, 1.807) is 18.3 Å². The van der Waals surface area contributed by atoms with Crippen LogP contribution in [0.5, 0.6) is 5.88 Å². The number of hydrogen-bond acceptors (Lipinski definition) is 4. The molecule has 0 atom stereocenters. The minimum atomic E-state index is -0.370. The molecule has 18 heavy (non-hydrogen) atoms. The van der Waals surface area contributed by atoms with Crippen LogP contribution in [0.2, 0.25) is 0 Å². The molecule has 0 fully saturated rings. The van der Waals surface area contributed by atoms with Gasteiger partial charge in [-0.15, -0.1) is 0 Å². The number of nitrogens with zero attached hydrogens (tertiary/aromatic N) is 1. The summed E-state index contributed by atoms with van der Waals surface area (Å²) in [7, 11) is 1.36. The quantitative estimate of drug-likeness (QED) is 0.526. The Kier molecular flexibility index (Phi) is 6.84. The molecule has 0 saturated heterocycles. The van der Waals surface area contributed by atoms with Gasteiger partial charge in [0.25, 0.3) is 0 Å². The fourth-order valence-corrected chi connectivity index (χ4v) is 1.62. The first-order valence-corrected chi connectivity index (χ1v) is 6.45. The van der Waals surface area contributed by atoms with Gasteiger partial charge in [-0.05, 0) is 12.5 Å². The molecule has 4 nitrogen and oxygen atoms in total. The van der Waals surface area contributed by atoms with Crippen LogP contribution < -0.4 is 4.74 Å². The smallest absolute Gasteiger partial charge is 0.338 e. The summed E-state index contributed by atoms with van der Waals surface area (Å²) in [5.74, 6) is 0.110. The van der Waals surface area contributed by atoms with Gasteiger partial charge < -0.3 is 9.47 Å². The monoisotopic (exact) mass is 251 g/mol. The van der Waals surface area contributed by atoms with Crippen molar-refractivity contribution in [1.29, 1.82) is 0 Å². The molecule has 0 radical (unpaired) electrons. The Morgan fingerprint density at radius 3 is 2.78 bits per heavy atom. The van der Waals surface area contributed by atoms with Crippen LogP contribution in [-0.2, 0) is 4.74 Å². The Balaban J connectivity index is 2.32. The third-order valence-electron chi connectivity index (χ3n) is 2.65. The normalized spacial score (nSPS) is 10.1. The summed E-state index contributed by atoms with van der Waals surface area (Å²) < 4.78 is 10.1. The number of hydrogen-bond donors (Lipinski definition) is 0. The molecule has 0 aliphatic carbocycles. The summed E-state index contributed by atoms with van der Waals surface area (Å²) >= 11 is 0. The van der Waals surface area contributed by atoms with Crippen molar-refractivity contribution >= 4 is 5.97 Å². The molecule has 1 heterocycles. The maximum Gasteiger partial charge on any atom is 0.338 e. The van der Waals surface area contributed by atoms with Crippen molar-refractivity contribution in [2.24, 2.45) is 0 Å². The zero-order chi connectivity index (χ0) is 13.2. The summed E-state index contributed by atoms with van der Waals surface area (Å²) in [6.45, 7) is 2.83. The van der Waals surface area contributed by atoms with Gasteiger partial charge in [-0.1, -0.05) is 32.6 Å². The molecule has 0 aliphatic rings. The SMILES string of the molecule is CCCCCCCOc1cc(C(=O)OC)ccn1. The third-order valence-corrected chi connectivity index (χ3v) is 2.65. The Labute approximate surface area is 108 Å². The van der Waals surface area contributed by atoms with Crippen molar-refractivity contribution in [2.75, 3.05) is 13.7 Å². The molecule has 0 amide bonds. The maximum absolute atomic E-state index is 11.3. The molecule has 1 aromatic rings. The van der Waals surface area contributed by atoms with E-state index in [0.29, 0.717) is 18.1 Å². The second-order valence-corrected chi connectivity index (χ2v) is 4.14. The van der Waals surface area contributed by atoms with E-state index in [-0.39, 0.29) is 5.97 Å². The Bertz CT molecular complexity index is 366. The van der Waals surface area contributed by atoms with Crippen molar-refractivity contribution in [2.45, 2.75) is 39.0 Å². The molecule has 100 valence electrons. The van der Waals surface area contributed by atoms with E-state index < -0.39 is 0 Å². The molecule has 0 bridgehead atoms. The lowest BCUT2D eigenvalue weighted by molar-refractivity contribution is 0.0600. The minimum absolute atomic E-state index is 0.370. The topological polar surface area (TPSA) is 48.4 Å². The molecular weight excluding hydrogens is 230 g/mol. The van der Waals surface area contributed by atoms with E-state index in [2.05, 4.69) is 16.6 Å². The fraction of sp³-hybridized carbons (Fsp3) is 0.571. The van der Waals surface area contributed by atoms with E-state index in [9.17, 15) is 4.79 Å². The van der Waals surface area contributed by atoms with Gasteiger partial charge in [0.05, 0.1) is 19.3 Å². The first kappa shape index (κ1) is 14.5. The molecule has 0 spiro atoms.